The Kier molecular flexibility index (Phi) is 7.01. The topological polar surface area (TPSA) is 56.8 Å². The maximum Gasteiger partial charge on any atom is 0.221 e. The predicted octanol–water partition coefficient (Wildman–Crippen LogP) is 1.78. The Morgan fingerprint density at radius 1 is 1.17 bits per heavy atom. The lowest BCUT2D eigenvalue weighted by molar-refractivity contribution is -0.114. The van der Waals surface area contributed by atoms with E-state index in [-0.39, 0.29) is 12.7 Å². The molecule has 0 spiro atoms. The smallest absolute Gasteiger partial charge is 0.221 e. The second kappa shape index (κ2) is 8.63. The van der Waals surface area contributed by atoms with Gasteiger partial charge in [0.2, 0.25) is 5.91 Å². The van der Waals surface area contributed by atoms with Crippen molar-refractivity contribution in [3.63, 3.8) is 0 Å². The summed E-state index contributed by atoms with van der Waals surface area (Å²) in [7, 11) is 1.63. The molecule has 0 radical (unpaired) electrons. The molecule has 5 heteroatoms. The van der Waals surface area contributed by atoms with Crippen LogP contribution in [0.15, 0.2) is 24.3 Å². The van der Waals surface area contributed by atoms with Gasteiger partial charge in [-0.1, -0.05) is 12.1 Å². The monoisotopic (exact) mass is 253 g/mol. The Labute approximate surface area is 107 Å². The minimum atomic E-state index is -0.0782. The first kappa shape index (κ1) is 14.6. The van der Waals surface area contributed by atoms with E-state index in [1.54, 1.807) is 7.11 Å². The minimum Gasteiger partial charge on any atom is -0.382 e. The van der Waals surface area contributed by atoms with Crippen molar-refractivity contribution in [1.29, 1.82) is 0 Å². The maximum absolute atomic E-state index is 10.8. The third kappa shape index (κ3) is 6.34. The van der Waals surface area contributed by atoms with Crippen molar-refractivity contribution in [2.75, 3.05) is 32.4 Å². The van der Waals surface area contributed by atoms with E-state index in [9.17, 15) is 4.79 Å². The van der Waals surface area contributed by atoms with Gasteiger partial charge < -0.3 is 19.5 Å². The summed E-state index contributed by atoms with van der Waals surface area (Å²) in [4.78, 5) is 10.8. The summed E-state index contributed by atoms with van der Waals surface area (Å²) >= 11 is 0. The van der Waals surface area contributed by atoms with Crippen molar-refractivity contribution in [3.05, 3.63) is 29.8 Å². The van der Waals surface area contributed by atoms with Crippen LogP contribution in [-0.2, 0) is 25.6 Å². The lowest BCUT2D eigenvalue weighted by Gasteiger charge is -2.06. The van der Waals surface area contributed by atoms with Crippen LogP contribution in [0.3, 0.4) is 0 Å². The van der Waals surface area contributed by atoms with Crippen LogP contribution >= 0.6 is 0 Å². The number of amides is 1. The molecule has 1 N–H and O–H groups in total. The molecule has 1 rings (SSSR count). The molecule has 0 aliphatic rings. The van der Waals surface area contributed by atoms with Crippen LogP contribution in [0.2, 0.25) is 0 Å². The number of benzene rings is 1. The summed E-state index contributed by atoms with van der Waals surface area (Å²) in [6.45, 7) is 3.30. The highest BCUT2D eigenvalue weighted by molar-refractivity contribution is 5.88. The van der Waals surface area contributed by atoms with E-state index in [4.69, 9.17) is 14.2 Å². The Morgan fingerprint density at radius 2 is 1.89 bits per heavy atom. The van der Waals surface area contributed by atoms with Gasteiger partial charge in [0.25, 0.3) is 0 Å². The second-order valence-corrected chi connectivity index (χ2v) is 3.75. The fraction of sp³-hybridized carbons (Fsp3) is 0.462. The average Bonchev–Trinajstić information content (AvgIpc) is 2.35. The highest BCUT2D eigenvalue weighted by atomic mass is 16.7. The SMILES string of the molecule is COCCOCOCc1ccc(NC(C)=O)cc1. The van der Waals surface area contributed by atoms with Crippen molar-refractivity contribution in [2.24, 2.45) is 0 Å². The number of rotatable bonds is 8. The molecule has 0 saturated carbocycles. The van der Waals surface area contributed by atoms with E-state index in [2.05, 4.69) is 5.32 Å². The summed E-state index contributed by atoms with van der Waals surface area (Å²) in [5.41, 5.74) is 1.81. The van der Waals surface area contributed by atoms with Crippen molar-refractivity contribution < 1.29 is 19.0 Å². The minimum absolute atomic E-state index is 0.0782. The highest BCUT2D eigenvalue weighted by Gasteiger charge is 1.97. The number of anilines is 1. The quantitative estimate of drug-likeness (QED) is 0.567. The molecule has 0 unspecified atom stereocenters. The summed E-state index contributed by atoms with van der Waals surface area (Å²) < 4.78 is 15.3. The van der Waals surface area contributed by atoms with Crippen molar-refractivity contribution in [2.45, 2.75) is 13.5 Å². The number of hydrogen-bond acceptors (Lipinski definition) is 4. The van der Waals surface area contributed by atoms with E-state index in [0.717, 1.165) is 11.3 Å². The molecule has 0 fully saturated rings. The van der Waals surface area contributed by atoms with Crippen LogP contribution in [0.5, 0.6) is 0 Å². The molecular weight excluding hydrogens is 234 g/mol. The van der Waals surface area contributed by atoms with E-state index in [0.29, 0.717) is 19.8 Å². The van der Waals surface area contributed by atoms with Gasteiger partial charge in [0.05, 0.1) is 19.8 Å². The first-order valence-corrected chi connectivity index (χ1v) is 5.73. The standard InChI is InChI=1S/C13H19NO4/c1-11(15)14-13-5-3-12(4-6-13)9-18-10-17-8-7-16-2/h3-6H,7-10H2,1-2H3,(H,14,15). The average molecular weight is 253 g/mol. The molecule has 1 aromatic carbocycles. The molecule has 1 amide bonds. The van der Waals surface area contributed by atoms with Gasteiger partial charge in [0, 0.05) is 19.7 Å². The largest absolute Gasteiger partial charge is 0.382 e. The first-order chi connectivity index (χ1) is 8.72. The van der Waals surface area contributed by atoms with Gasteiger partial charge in [-0.05, 0) is 17.7 Å². The lowest BCUT2D eigenvalue weighted by atomic mass is 10.2. The number of carbonyl (C=O) groups excluding carboxylic acids is 1. The summed E-state index contributed by atoms with van der Waals surface area (Å²) in [5.74, 6) is -0.0782. The lowest BCUT2D eigenvalue weighted by Crippen LogP contribution is -2.06. The number of hydrogen-bond donors (Lipinski definition) is 1. The summed E-state index contributed by atoms with van der Waals surface area (Å²) in [6, 6.07) is 7.48. The third-order valence-electron chi connectivity index (χ3n) is 2.14. The molecule has 1 aromatic rings. The molecule has 0 aromatic heterocycles. The maximum atomic E-state index is 10.8. The summed E-state index contributed by atoms with van der Waals surface area (Å²) in [5, 5.41) is 2.70. The molecule has 0 saturated heterocycles. The number of carbonyl (C=O) groups is 1. The van der Waals surface area contributed by atoms with E-state index in [1.807, 2.05) is 24.3 Å². The van der Waals surface area contributed by atoms with E-state index in [1.165, 1.54) is 6.92 Å². The molecule has 0 bridgehead atoms. The summed E-state index contributed by atoms with van der Waals surface area (Å²) in [6.07, 6.45) is 0. The predicted molar refractivity (Wildman–Crippen MR) is 68.2 cm³/mol. The molecule has 18 heavy (non-hydrogen) atoms. The van der Waals surface area contributed by atoms with Crippen molar-refractivity contribution in [3.8, 4) is 0 Å². The molecule has 0 aliphatic carbocycles. The Bertz CT molecular complexity index is 351. The molecule has 0 heterocycles. The number of nitrogens with one attached hydrogen (secondary N) is 1. The van der Waals surface area contributed by atoms with Crippen LogP contribution in [0.4, 0.5) is 5.69 Å². The van der Waals surface area contributed by atoms with Gasteiger partial charge in [-0.25, -0.2) is 0 Å². The van der Waals surface area contributed by atoms with Crippen LogP contribution < -0.4 is 5.32 Å². The Hall–Kier alpha value is -1.43. The number of methoxy groups -OCH3 is 1. The van der Waals surface area contributed by atoms with Gasteiger partial charge in [-0.15, -0.1) is 0 Å². The van der Waals surface area contributed by atoms with Crippen LogP contribution in [0.25, 0.3) is 0 Å². The van der Waals surface area contributed by atoms with Crippen LogP contribution in [0.1, 0.15) is 12.5 Å². The second-order valence-electron chi connectivity index (χ2n) is 3.75. The first-order valence-electron chi connectivity index (χ1n) is 5.73. The zero-order valence-corrected chi connectivity index (χ0v) is 10.8. The van der Waals surface area contributed by atoms with Gasteiger partial charge in [0.15, 0.2) is 0 Å². The van der Waals surface area contributed by atoms with Gasteiger partial charge in [0.1, 0.15) is 6.79 Å². The van der Waals surface area contributed by atoms with E-state index >= 15 is 0 Å². The van der Waals surface area contributed by atoms with Crippen molar-refractivity contribution in [1.82, 2.24) is 0 Å². The number of ether oxygens (including phenoxy) is 3. The highest BCUT2D eigenvalue weighted by Crippen LogP contribution is 2.10. The van der Waals surface area contributed by atoms with Crippen LogP contribution in [-0.4, -0.2) is 33.0 Å². The Balaban J connectivity index is 2.20. The van der Waals surface area contributed by atoms with Crippen molar-refractivity contribution >= 4 is 11.6 Å². The van der Waals surface area contributed by atoms with Gasteiger partial charge >= 0.3 is 0 Å². The van der Waals surface area contributed by atoms with Crippen LogP contribution in [0, 0.1) is 0 Å². The Morgan fingerprint density at radius 3 is 2.50 bits per heavy atom. The van der Waals surface area contributed by atoms with Gasteiger partial charge in [-0.3, -0.25) is 4.79 Å². The molecule has 100 valence electrons. The molecule has 0 atom stereocenters. The van der Waals surface area contributed by atoms with Gasteiger partial charge in [-0.2, -0.15) is 0 Å². The van der Waals surface area contributed by atoms with E-state index < -0.39 is 0 Å². The molecule has 0 aliphatic heterocycles. The third-order valence-corrected chi connectivity index (χ3v) is 2.14. The molecular formula is C13H19NO4. The normalized spacial score (nSPS) is 10.3. The fourth-order valence-corrected chi connectivity index (χ4v) is 1.31. The zero-order chi connectivity index (χ0) is 13.2. The fourth-order valence-electron chi connectivity index (χ4n) is 1.31. The molecule has 5 nitrogen and oxygen atoms in total. The zero-order valence-electron chi connectivity index (χ0n) is 10.8.